The van der Waals surface area contributed by atoms with Crippen molar-refractivity contribution in [2.45, 2.75) is 0 Å². The van der Waals surface area contributed by atoms with E-state index in [2.05, 4.69) is 303 Å². The van der Waals surface area contributed by atoms with E-state index in [-0.39, 0.29) is 0 Å². The van der Waals surface area contributed by atoms with Crippen LogP contribution in [0.2, 0.25) is 0 Å². The van der Waals surface area contributed by atoms with Crippen LogP contribution in [0, 0.1) is 0 Å². The molecule has 0 spiro atoms. The van der Waals surface area contributed by atoms with Gasteiger partial charge in [0.1, 0.15) is 22.3 Å². The number of nitrogens with zero attached hydrogens (tertiary/aromatic N) is 11. The monoisotopic (exact) mass is 1800 g/mol. The molecule has 27 rings (SSSR count). The van der Waals surface area contributed by atoms with Crippen LogP contribution in [0.15, 0.2) is 464 Å². The van der Waals surface area contributed by atoms with Gasteiger partial charge < -0.3 is 8.83 Å². The summed E-state index contributed by atoms with van der Waals surface area (Å²) < 4.78 is 17.2. The molecule has 27 aromatic rings. The van der Waals surface area contributed by atoms with Crippen molar-refractivity contribution in [3.8, 4) is 158 Å². The van der Waals surface area contributed by atoms with Gasteiger partial charge in [-0.1, -0.05) is 346 Å². The summed E-state index contributed by atoms with van der Waals surface area (Å²) >= 11 is 3.61. The first-order valence-electron chi connectivity index (χ1n) is 45.6. The summed E-state index contributed by atoms with van der Waals surface area (Å²) in [4.78, 5) is 55.2. The van der Waals surface area contributed by atoms with Crippen LogP contribution in [0.4, 0.5) is 0 Å². The van der Waals surface area contributed by atoms with Gasteiger partial charge in [-0.15, -0.1) is 22.7 Å². The number of aromatic nitrogens is 11. The molecule has 0 bridgehead atoms. The van der Waals surface area contributed by atoms with Crippen molar-refractivity contribution in [1.29, 1.82) is 0 Å². The van der Waals surface area contributed by atoms with Gasteiger partial charge in [0, 0.05) is 134 Å². The molecule has 0 radical (unpaired) electrons. The molecule has 0 saturated carbocycles. The van der Waals surface area contributed by atoms with Gasteiger partial charge in [-0.25, -0.2) is 54.8 Å². The number of hydrogen-bond acceptors (Lipinski definition) is 15. The zero-order valence-electron chi connectivity index (χ0n) is 73.9. The normalized spacial score (nSPS) is 11.5. The highest BCUT2D eigenvalue weighted by molar-refractivity contribution is 7.26. The molecule has 646 valence electrons. The van der Waals surface area contributed by atoms with E-state index in [1.807, 2.05) is 152 Å². The van der Waals surface area contributed by atoms with Gasteiger partial charge in [-0.3, -0.25) is 0 Å². The SMILES string of the molecule is c1ccc(-c2ccc(-c3nc(-c4ccc5c(c4)sc4ccccc45)nc(-c4ccc5c(c4)sc4ccccc45)n3)cc2)cc1.c1ccc(-c2ccc(-c3nc(-c4ccc5oc6ccccc6c5c4)nc(-c4ccc5oc6ccccc6c5c4)n3)cc2)cc1.c1ccc(-c2ccc(-c3nc(-c4cccc(-c5ccc6ccccc6n5)c4)nc(-c4cccc(-c5ccc6ccccc6n5)c4)n3)cc2)cc1. The summed E-state index contributed by atoms with van der Waals surface area (Å²) in [6.07, 6.45) is 0. The fraction of sp³-hybridized carbons (Fsp3) is 0. The Morgan fingerprint density at radius 3 is 0.768 bits per heavy atom. The molecule has 0 N–H and O–H groups in total. The fourth-order valence-electron chi connectivity index (χ4n) is 18.2. The standard InChI is InChI=1S/C45H29N5.C39H23N3O2.C39H23N3S2/c1-2-10-30(11-3-1)31-20-22-34(23-21-31)43-48-44(37-16-8-14-35(28-37)41-26-24-32-12-4-6-18-39(32)46-41)50-45(49-43)38-17-9-15-36(29-38)42-27-25-33-13-5-7-19-40(33)47-42;1-2-8-24(9-3-1)25-14-16-26(17-15-25)37-40-38(27-18-20-35-31(22-27)29-10-4-6-12-33(29)43-35)42-39(41-37)28-19-21-36-32(23-28)30-11-5-7-13-34(30)44-36;1-2-8-24(9-3-1)25-14-16-26(17-15-25)37-40-38(27-18-20-31-29-10-4-6-12-33(29)43-35(31)22-27)42-39(41-37)28-19-21-32-30-11-5-7-13-34(30)44-36(32)23-28/h1-29H;2*1-23H. The van der Waals surface area contributed by atoms with Crippen molar-refractivity contribution in [3.05, 3.63) is 455 Å². The summed E-state index contributed by atoms with van der Waals surface area (Å²) in [5.41, 5.74) is 24.3. The van der Waals surface area contributed by atoms with Crippen LogP contribution in [0.25, 0.3) is 264 Å². The number of pyridine rings is 2. The summed E-state index contributed by atoms with van der Waals surface area (Å²) in [5, 5.41) is 11.5. The van der Waals surface area contributed by atoms with Gasteiger partial charge in [0.05, 0.1) is 22.4 Å². The maximum atomic E-state index is 6.08. The molecule has 0 fully saturated rings. The van der Waals surface area contributed by atoms with E-state index >= 15 is 0 Å². The van der Waals surface area contributed by atoms with E-state index in [0.717, 1.165) is 166 Å². The van der Waals surface area contributed by atoms with Gasteiger partial charge in [0.15, 0.2) is 52.4 Å². The van der Waals surface area contributed by atoms with Crippen LogP contribution in [0.3, 0.4) is 0 Å². The number of benzene rings is 18. The van der Waals surface area contributed by atoms with Crippen LogP contribution < -0.4 is 0 Å². The number of thiophene rings is 2. The molecule has 0 saturated heterocycles. The molecule has 13 nitrogen and oxygen atoms in total. The molecule has 0 aliphatic carbocycles. The predicted molar refractivity (Wildman–Crippen MR) is 567 cm³/mol. The topological polar surface area (TPSA) is 168 Å². The second-order valence-corrected chi connectivity index (χ2v) is 36.1. The molecule has 138 heavy (non-hydrogen) atoms. The lowest BCUT2D eigenvalue weighted by Crippen LogP contribution is -2.00. The molecule has 0 unspecified atom stereocenters. The van der Waals surface area contributed by atoms with Crippen LogP contribution in [-0.2, 0) is 0 Å². The highest BCUT2D eigenvalue weighted by atomic mass is 32.1. The fourth-order valence-corrected chi connectivity index (χ4v) is 20.5. The molecule has 0 aliphatic heterocycles. The van der Waals surface area contributed by atoms with E-state index in [1.54, 1.807) is 22.7 Å². The zero-order valence-corrected chi connectivity index (χ0v) is 75.5. The lowest BCUT2D eigenvalue weighted by Gasteiger charge is -2.11. The van der Waals surface area contributed by atoms with Gasteiger partial charge in [-0.05, 0) is 143 Å². The first kappa shape index (κ1) is 81.8. The second-order valence-electron chi connectivity index (χ2n) is 33.9. The summed E-state index contributed by atoms with van der Waals surface area (Å²) in [6, 6.07) is 156. The van der Waals surface area contributed by atoms with Crippen LogP contribution in [-0.4, -0.2) is 54.8 Å². The summed E-state index contributed by atoms with van der Waals surface area (Å²) in [7, 11) is 0. The van der Waals surface area contributed by atoms with Crippen LogP contribution in [0.1, 0.15) is 0 Å². The summed E-state index contributed by atoms with van der Waals surface area (Å²) in [6.45, 7) is 0. The minimum atomic E-state index is 0.592. The number of para-hydroxylation sites is 4. The predicted octanol–water partition coefficient (Wildman–Crippen LogP) is 32.6. The van der Waals surface area contributed by atoms with Gasteiger partial charge in [0.2, 0.25) is 0 Å². The van der Waals surface area contributed by atoms with Gasteiger partial charge >= 0.3 is 0 Å². The number of furan rings is 2. The van der Waals surface area contributed by atoms with E-state index in [4.69, 9.17) is 63.7 Å². The highest BCUT2D eigenvalue weighted by Crippen LogP contribution is 2.43. The molecule has 0 atom stereocenters. The van der Waals surface area contributed by atoms with Crippen molar-refractivity contribution >= 4 is 129 Å². The number of hydrogen-bond donors (Lipinski definition) is 0. The lowest BCUT2D eigenvalue weighted by atomic mass is 10.0. The van der Waals surface area contributed by atoms with Crippen molar-refractivity contribution in [2.75, 3.05) is 0 Å². The quantitative estimate of drug-likeness (QED) is 0.101. The van der Waals surface area contributed by atoms with Crippen molar-refractivity contribution in [2.24, 2.45) is 0 Å². The molecular formula is C123H75N11O2S2. The summed E-state index contributed by atoms with van der Waals surface area (Å²) in [5.74, 6) is 5.61. The molecule has 15 heteroatoms. The van der Waals surface area contributed by atoms with E-state index in [1.165, 1.54) is 45.9 Å². The Hall–Kier alpha value is -18.2. The third-order valence-corrected chi connectivity index (χ3v) is 27.5. The Labute approximate surface area is 799 Å². The number of fused-ring (bicyclic) bond motifs is 14. The first-order valence-corrected chi connectivity index (χ1v) is 47.3. The van der Waals surface area contributed by atoms with E-state index in [9.17, 15) is 0 Å². The van der Waals surface area contributed by atoms with Gasteiger partial charge in [0.25, 0.3) is 0 Å². The van der Waals surface area contributed by atoms with Crippen molar-refractivity contribution in [1.82, 2.24) is 54.8 Å². The van der Waals surface area contributed by atoms with Gasteiger partial charge in [-0.2, -0.15) is 0 Å². The van der Waals surface area contributed by atoms with E-state index in [0.29, 0.717) is 52.4 Å². The Morgan fingerprint density at radius 1 is 0.138 bits per heavy atom. The highest BCUT2D eigenvalue weighted by Gasteiger charge is 2.22. The maximum absolute atomic E-state index is 6.08. The molecule has 18 aromatic carbocycles. The van der Waals surface area contributed by atoms with Crippen LogP contribution in [0.5, 0.6) is 0 Å². The smallest absolute Gasteiger partial charge is 0.164 e. The second kappa shape index (κ2) is 35.4. The molecular weight excluding hydrogens is 1730 g/mol. The number of rotatable bonds is 14. The maximum Gasteiger partial charge on any atom is 0.164 e. The minimum absolute atomic E-state index is 0.592. The third-order valence-electron chi connectivity index (χ3n) is 25.2. The zero-order chi connectivity index (χ0) is 91.4. The van der Waals surface area contributed by atoms with E-state index < -0.39 is 0 Å². The lowest BCUT2D eigenvalue weighted by molar-refractivity contribution is 0.668. The van der Waals surface area contributed by atoms with Crippen molar-refractivity contribution in [3.63, 3.8) is 0 Å². The third kappa shape index (κ3) is 16.1. The average Bonchev–Trinajstić information content (AvgIpc) is 1.46. The largest absolute Gasteiger partial charge is 0.456 e. The Kier molecular flexibility index (Phi) is 21.0. The molecule has 9 aromatic heterocycles. The van der Waals surface area contributed by atoms with Crippen molar-refractivity contribution < 1.29 is 8.83 Å². The molecule has 0 amide bonds. The Balaban J connectivity index is 0.000000110. The first-order chi connectivity index (χ1) is 68.3. The Bertz CT molecular complexity index is 8950. The molecule has 0 aliphatic rings. The molecule has 9 heterocycles. The van der Waals surface area contributed by atoms with Crippen LogP contribution >= 0.6 is 22.7 Å². The average molecular weight is 1800 g/mol. The minimum Gasteiger partial charge on any atom is -0.456 e. The Morgan fingerprint density at radius 2 is 0.391 bits per heavy atom.